The molecule has 21 heavy (non-hydrogen) atoms. The molecule has 0 bridgehead atoms. The number of hydrogen-bond acceptors (Lipinski definition) is 5. The fourth-order valence-corrected chi connectivity index (χ4v) is 1.63. The summed E-state index contributed by atoms with van der Waals surface area (Å²) in [7, 11) is 3.21. The summed E-state index contributed by atoms with van der Waals surface area (Å²) in [6, 6.07) is 6.81. The number of carbonyl (C=O) groups is 1. The van der Waals surface area contributed by atoms with Gasteiger partial charge in [-0.05, 0) is 36.5 Å². The Morgan fingerprint density at radius 1 is 1.10 bits per heavy atom. The summed E-state index contributed by atoms with van der Waals surface area (Å²) in [5.41, 5.74) is 0.505. The first-order valence-electron chi connectivity index (χ1n) is 6.47. The van der Waals surface area contributed by atoms with Crippen molar-refractivity contribution in [3.8, 4) is 5.75 Å². The maximum absolute atomic E-state index is 11.9. The van der Waals surface area contributed by atoms with Crippen LogP contribution in [0.5, 0.6) is 5.75 Å². The van der Waals surface area contributed by atoms with Gasteiger partial charge in [0.15, 0.2) is 5.11 Å². The molecular formula is C14H20N2O4S. The molecule has 0 saturated carbocycles. The van der Waals surface area contributed by atoms with Crippen molar-refractivity contribution in [2.45, 2.75) is 0 Å². The highest BCUT2D eigenvalue weighted by Gasteiger charge is 2.07. The van der Waals surface area contributed by atoms with Crippen molar-refractivity contribution in [3.05, 3.63) is 29.8 Å². The number of thiocarbonyl (C=S) groups is 1. The zero-order valence-corrected chi connectivity index (χ0v) is 13.0. The molecule has 1 aromatic rings. The Balaban J connectivity index is 2.41. The van der Waals surface area contributed by atoms with Gasteiger partial charge in [-0.25, -0.2) is 0 Å². The predicted octanol–water partition coefficient (Wildman–Crippen LogP) is 0.962. The summed E-state index contributed by atoms with van der Waals surface area (Å²) in [5, 5.41) is 5.73. The van der Waals surface area contributed by atoms with Crippen molar-refractivity contribution in [2.75, 3.05) is 40.6 Å². The van der Waals surface area contributed by atoms with E-state index in [4.69, 9.17) is 26.4 Å². The normalized spacial score (nSPS) is 10.0. The van der Waals surface area contributed by atoms with E-state index in [1.54, 1.807) is 38.5 Å². The number of methoxy groups -OCH3 is 2. The second-order valence-corrected chi connectivity index (χ2v) is 4.48. The molecule has 0 heterocycles. The third-order valence-corrected chi connectivity index (χ3v) is 2.74. The van der Waals surface area contributed by atoms with E-state index >= 15 is 0 Å². The molecule has 0 saturated heterocycles. The second-order valence-electron chi connectivity index (χ2n) is 4.07. The lowest BCUT2D eigenvalue weighted by Crippen LogP contribution is -2.40. The summed E-state index contributed by atoms with van der Waals surface area (Å²) in [4.78, 5) is 11.9. The SMILES string of the molecule is COCCNC(=S)NC(=O)c1ccc(OCCOC)cc1. The molecule has 1 rings (SSSR count). The Morgan fingerprint density at radius 3 is 2.38 bits per heavy atom. The highest BCUT2D eigenvalue weighted by Crippen LogP contribution is 2.12. The van der Waals surface area contributed by atoms with Gasteiger partial charge in [0.1, 0.15) is 12.4 Å². The standard InChI is InChI=1S/C14H20N2O4S/c1-18-8-7-15-14(21)16-13(17)11-3-5-12(6-4-11)20-10-9-19-2/h3-6H,7-10H2,1-2H3,(H2,15,16,17,21). The summed E-state index contributed by atoms with van der Waals surface area (Å²) in [5.74, 6) is 0.415. The van der Waals surface area contributed by atoms with Gasteiger partial charge in [0, 0.05) is 26.3 Å². The van der Waals surface area contributed by atoms with Gasteiger partial charge < -0.3 is 19.5 Å². The third-order valence-electron chi connectivity index (χ3n) is 2.49. The fourth-order valence-electron chi connectivity index (χ4n) is 1.43. The van der Waals surface area contributed by atoms with E-state index in [0.29, 0.717) is 37.7 Å². The Hall–Kier alpha value is -1.70. The van der Waals surface area contributed by atoms with Crippen LogP contribution in [0.2, 0.25) is 0 Å². The molecule has 1 aromatic carbocycles. The molecule has 0 unspecified atom stereocenters. The number of benzene rings is 1. The van der Waals surface area contributed by atoms with Crippen LogP contribution < -0.4 is 15.4 Å². The minimum Gasteiger partial charge on any atom is -0.491 e. The number of carbonyl (C=O) groups excluding carboxylic acids is 1. The Bertz CT molecular complexity index is 451. The molecular weight excluding hydrogens is 292 g/mol. The lowest BCUT2D eigenvalue weighted by Gasteiger charge is -2.09. The third kappa shape index (κ3) is 7.03. The molecule has 6 nitrogen and oxygen atoms in total. The van der Waals surface area contributed by atoms with Crippen LogP contribution in [0.3, 0.4) is 0 Å². The minimum atomic E-state index is -0.270. The van der Waals surface area contributed by atoms with Gasteiger partial charge in [0.05, 0.1) is 13.2 Å². The van der Waals surface area contributed by atoms with Crippen molar-refractivity contribution in [1.82, 2.24) is 10.6 Å². The maximum Gasteiger partial charge on any atom is 0.257 e. The van der Waals surface area contributed by atoms with E-state index in [1.807, 2.05) is 0 Å². The van der Waals surface area contributed by atoms with Gasteiger partial charge in [-0.15, -0.1) is 0 Å². The molecule has 0 spiro atoms. The minimum absolute atomic E-state index is 0.270. The first kappa shape index (κ1) is 17.4. The van der Waals surface area contributed by atoms with Crippen LogP contribution in [0.1, 0.15) is 10.4 Å². The quantitative estimate of drug-likeness (QED) is 0.550. The molecule has 0 aliphatic heterocycles. The second kappa shape index (κ2) is 10.1. The maximum atomic E-state index is 11.9. The van der Waals surface area contributed by atoms with Crippen LogP contribution in [0, 0.1) is 0 Å². The smallest absolute Gasteiger partial charge is 0.257 e. The molecule has 0 radical (unpaired) electrons. The molecule has 116 valence electrons. The Kier molecular flexibility index (Phi) is 8.34. The molecule has 0 aliphatic rings. The number of rotatable bonds is 8. The first-order chi connectivity index (χ1) is 10.2. The van der Waals surface area contributed by atoms with Gasteiger partial charge in [0.2, 0.25) is 0 Å². The van der Waals surface area contributed by atoms with E-state index in [0.717, 1.165) is 0 Å². The van der Waals surface area contributed by atoms with Crippen molar-refractivity contribution < 1.29 is 19.0 Å². The van der Waals surface area contributed by atoms with E-state index in [1.165, 1.54) is 0 Å². The number of nitrogens with one attached hydrogen (secondary N) is 2. The molecule has 2 N–H and O–H groups in total. The average Bonchev–Trinajstić information content (AvgIpc) is 2.48. The predicted molar refractivity (Wildman–Crippen MR) is 83.8 cm³/mol. The molecule has 0 fully saturated rings. The molecule has 1 amide bonds. The monoisotopic (exact) mass is 312 g/mol. The summed E-state index contributed by atoms with van der Waals surface area (Å²) >= 11 is 5.00. The van der Waals surface area contributed by atoms with Crippen molar-refractivity contribution in [2.24, 2.45) is 0 Å². The highest BCUT2D eigenvalue weighted by atomic mass is 32.1. The van der Waals surface area contributed by atoms with Gasteiger partial charge in [0.25, 0.3) is 5.91 Å². The summed E-state index contributed by atoms with van der Waals surface area (Å²) in [6.07, 6.45) is 0. The van der Waals surface area contributed by atoms with Crippen LogP contribution >= 0.6 is 12.2 Å². The van der Waals surface area contributed by atoms with E-state index < -0.39 is 0 Å². The van der Waals surface area contributed by atoms with Gasteiger partial charge in [-0.2, -0.15) is 0 Å². The highest BCUT2D eigenvalue weighted by molar-refractivity contribution is 7.80. The number of ether oxygens (including phenoxy) is 3. The molecule has 0 atom stereocenters. The van der Waals surface area contributed by atoms with Crippen LogP contribution in [-0.4, -0.2) is 51.6 Å². The number of amides is 1. The molecule has 7 heteroatoms. The van der Waals surface area contributed by atoms with Crippen LogP contribution in [0.15, 0.2) is 24.3 Å². The lowest BCUT2D eigenvalue weighted by molar-refractivity contribution is 0.0976. The first-order valence-corrected chi connectivity index (χ1v) is 6.88. The van der Waals surface area contributed by atoms with Gasteiger partial charge in [-0.3, -0.25) is 10.1 Å². The van der Waals surface area contributed by atoms with Crippen LogP contribution in [0.25, 0.3) is 0 Å². The molecule has 0 aliphatic carbocycles. The van der Waals surface area contributed by atoms with E-state index in [2.05, 4.69) is 10.6 Å². The Labute approximate surface area is 129 Å². The lowest BCUT2D eigenvalue weighted by atomic mass is 10.2. The van der Waals surface area contributed by atoms with Crippen molar-refractivity contribution in [1.29, 1.82) is 0 Å². The Morgan fingerprint density at radius 2 is 1.76 bits per heavy atom. The molecule has 0 aromatic heterocycles. The zero-order valence-electron chi connectivity index (χ0n) is 12.2. The zero-order chi connectivity index (χ0) is 15.5. The topological polar surface area (TPSA) is 68.8 Å². The van der Waals surface area contributed by atoms with Crippen molar-refractivity contribution in [3.63, 3.8) is 0 Å². The van der Waals surface area contributed by atoms with E-state index in [9.17, 15) is 4.79 Å². The fraction of sp³-hybridized carbons (Fsp3) is 0.429. The summed E-state index contributed by atoms with van der Waals surface area (Å²) < 4.78 is 15.2. The number of hydrogen-bond donors (Lipinski definition) is 2. The summed E-state index contributed by atoms with van der Waals surface area (Å²) in [6.45, 7) is 2.05. The van der Waals surface area contributed by atoms with E-state index in [-0.39, 0.29) is 11.0 Å². The van der Waals surface area contributed by atoms with Crippen LogP contribution in [-0.2, 0) is 9.47 Å². The van der Waals surface area contributed by atoms with Crippen molar-refractivity contribution >= 4 is 23.2 Å². The average molecular weight is 312 g/mol. The largest absolute Gasteiger partial charge is 0.491 e. The van der Waals surface area contributed by atoms with Crippen LogP contribution in [0.4, 0.5) is 0 Å². The van der Waals surface area contributed by atoms with Gasteiger partial charge >= 0.3 is 0 Å². The van der Waals surface area contributed by atoms with Gasteiger partial charge in [-0.1, -0.05) is 0 Å².